The number of nitro groups is 1. The molecule has 0 aliphatic heterocycles. The van der Waals surface area contributed by atoms with Gasteiger partial charge in [-0.15, -0.1) is 0 Å². The van der Waals surface area contributed by atoms with Gasteiger partial charge < -0.3 is 10.1 Å². The van der Waals surface area contributed by atoms with Crippen molar-refractivity contribution in [3.05, 3.63) is 28.3 Å². The molecule has 0 aliphatic rings. The van der Waals surface area contributed by atoms with Crippen molar-refractivity contribution in [3.63, 3.8) is 0 Å². The first-order chi connectivity index (χ1) is 8.93. The van der Waals surface area contributed by atoms with Crippen LogP contribution in [0.15, 0.2) is 18.2 Å². The molecule has 0 saturated carbocycles. The quantitative estimate of drug-likeness (QED) is 0.654. The molecule has 1 aromatic carbocycles. The van der Waals surface area contributed by atoms with Crippen LogP contribution in [0.3, 0.4) is 0 Å². The van der Waals surface area contributed by atoms with E-state index in [-0.39, 0.29) is 28.2 Å². The van der Waals surface area contributed by atoms with Crippen LogP contribution in [0.1, 0.15) is 6.92 Å². The van der Waals surface area contributed by atoms with Crippen molar-refractivity contribution in [1.82, 2.24) is 0 Å². The van der Waals surface area contributed by atoms with Gasteiger partial charge in [-0.1, -0.05) is 11.8 Å². The van der Waals surface area contributed by atoms with Crippen LogP contribution in [-0.2, 0) is 9.59 Å². The Hall–Kier alpha value is -2.09. The minimum absolute atomic E-state index is 0.0184. The number of non-ortho nitro benzene ring substituents is 1. The third-order valence-electron chi connectivity index (χ3n) is 2.08. The van der Waals surface area contributed by atoms with Crippen LogP contribution in [0.4, 0.5) is 11.4 Å². The molecule has 0 saturated heterocycles. The summed E-state index contributed by atoms with van der Waals surface area (Å²) in [4.78, 5) is 32.3. The van der Waals surface area contributed by atoms with Gasteiger partial charge in [-0.3, -0.25) is 19.7 Å². The Morgan fingerprint density at radius 3 is 2.68 bits per heavy atom. The highest BCUT2D eigenvalue weighted by molar-refractivity contribution is 8.14. The molecule has 0 heterocycles. The van der Waals surface area contributed by atoms with Crippen molar-refractivity contribution in [2.75, 3.05) is 18.2 Å². The second-order valence-corrected chi connectivity index (χ2v) is 4.62. The first kappa shape index (κ1) is 15.0. The summed E-state index contributed by atoms with van der Waals surface area (Å²) in [5, 5.41) is 13.0. The predicted octanol–water partition coefficient (Wildman–Crippen LogP) is 1.82. The van der Waals surface area contributed by atoms with Gasteiger partial charge in [0, 0.05) is 13.0 Å². The van der Waals surface area contributed by atoms with Gasteiger partial charge in [0.05, 0.1) is 29.5 Å². The van der Waals surface area contributed by atoms with Gasteiger partial charge in [0.1, 0.15) is 5.75 Å². The summed E-state index contributed by atoms with van der Waals surface area (Å²) < 4.78 is 4.97. The molecule has 8 heteroatoms. The molecule has 0 unspecified atom stereocenters. The van der Waals surface area contributed by atoms with E-state index >= 15 is 0 Å². The van der Waals surface area contributed by atoms with E-state index in [1.54, 1.807) is 0 Å². The van der Waals surface area contributed by atoms with Crippen LogP contribution in [0.25, 0.3) is 0 Å². The zero-order chi connectivity index (χ0) is 14.4. The number of thioether (sulfide) groups is 1. The number of methoxy groups -OCH3 is 1. The molecule has 1 amide bonds. The third-order valence-corrected chi connectivity index (χ3v) is 2.89. The minimum atomic E-state index is -0.556. The summed E-state index contributed by atoms with van der Waals surface area (Å²) in [5.41, 5.74) is 0.190. The van der Waals surface area contributed by atoms with Crippen molar-refractivity contribution in [3.8, 4) is 5.75 Å². The van der Waals surface area contributed by atoms with Gasteiger partial charge in [0.2, 0.25) is 5.91 Å². The summed E-state index contributed by atoms with van der Waals surface area (Å²) in [7, 11) is 1.35. The molecule has 1 aromatic rings. The summed E-state index contributed by atoms with van der Waals surface area (Å²) in [5.74, 6) is -0.210. The number of carbonyl (C=O) groups excluding carboxylic acids is 2. The Morgan fingerprint density at radius 2 is 2.16 bits per heavy atom. The van der Waals surface area contributed by atoms with E-state index in [4.69, 9.17) is 4.74 Å². The molecule has 19 heavy (non-hydrogen) atoms. The fourth-order valence-electron chi connectivity index (χ4n) is 1.25. The number of benzene rings is 1. The second kappa shape index (κ2) is 6.74. The first-order valence-electron chi connectivity index (χ1n) is 5.19. The molecule has 0 spiro atoms. The number of hydrogen-bond donors (Lipinski definition) is 1. The maximum Gasteiger partial charge on any atom is 0.273 e. The lowest BCUT2D eigenvalue weighted by atomic mass is 10.2. The van der Waals surface area contributed by atoms with Crippen molar-refractivity contribution in [1.29, 1.82) is 0 Å². The lowest BCUT2D eigenvalue weighted by Crippen LogP contribution is -2.15. The van der Waals surface area contributed by atoms with Crippen molar-refractivity contribution >= 4 is 34.2 Å². The van der Waals surface area contributed by atoms with Crippen molar-refractivity contribution in [2.24, 2.45) is 0 Å². The van der Waals surface area contributed by atoms with Gasteiger partial charge in [-0.05, 0) is 6.07 Å². The Balaban J connectivity index is 2.80. The number of hydrogen-bond acceptors (Lipinski definition) is 6. The van der Waals surface area contributed by atoms with E-state index in [0.29, 0.717) is 5.69 Å². The Kier molecular flexibility index (Phi) is 5.31. The number of nitrogens with one attached hydrogen (secondary N) is 1. The Bertz CT molecular complexity index is 518. The standard InChI is InChI=1S/C11H12N2O5S/c1-7(14)19-6-11(15)12-9-4-3-8(13(16)17)5-10(9)18-2/h3-5H,6H2,1-2H3,(H,12,15). The van der Waals surface area contributed by atoms with E-state index in [9.17, 15) is 19.7 Å². The molecule has 102 valence electrons. The number of carbonyl (C=O) groups is 2. The molecule has 1 rings (SSSR count). The largest absolute Gasteiger partial charge is 0.494 e. The molecule has 0 atom stereocenters. The van der Waals surface area contributed by atoms with Crippen LogP contribution in [0.5, 0.6) is 5.75 Å². The normalized spacial score (nSPS) is 9.79. The predicted molar refractivity (Wildman–Crippen MR) is 71.4 cm³/mol. The molecule has 0 aromatic heterocycles. The lowest BCUT2D eigenvalue weighted by molar-refractivity contribution is -0.384. The summed E-state index contributed by atoms with van der Waals surface area (Å²) in [6, 6.07) is 3.86. The number of amides is 1. The van der Waals surface area contributed by atoms with Gasteiger partial charge in [-0.25, -0.2) is 0 Å². The maximum atomic E-state index is 11.5. The first-order valence-corrected chi connectivity index (χ1v) is 6.18. The second-order valence-electron chi connectivity index (χ2n) is 3.47. The zero-order valence-electron chi connectivity index (χ0n) is 10.3. The van der Waals surface area contributed by atoms with Crippen LogP contribution in [-0.4, -0.2) is 28.8 Å². The van der Waals surface area contributed by atoms with E-state index in [1.807, 2.05) is 0 Å². The number of anilines is 1. The van der Waals surface area contributed by atoms with Crippen LogP contribution in [0, 0.1) is 10.1 Å². The topological polar surface area (TPSA) is 98.5 Å². The van der Waals surface area contributed by atoms with Crippen LogP contribution < -0.4 is 10.1 Å². The van der Waals surface area contributed by atoms with Crippen LogP contribution >= 0.6 is 11.8 Å². The van der Waals surface area contributed by atoms with Gasteiger partial charge >= 0.3 is 0 Å². The molecule has 0 fully saturated rings. The van der Waals surface area contributed by atoms with Gasteiger partial charge in [0.15, 0.2) is 5.12 Å². The zero-order valence-corrected chi connectivity index (χ0v) is 11.2. The average molecular weight is 284 g/mol. The highest BCUT2D eigenvalue weighted by atomic mass is 32.2. The Labute approximate surface area is 113 Å². The molecule has 0 radical (unpaired) electrons. The number of rotatable bonds is 5. The molecule has 7 nitrogen and oxygen atoms in total. The van der Waals surface area contributed by atoms with Crippen molar-refractivity contribution < 1.29 is 19.2 Å². The van der Waals surface area contributed by atoms with Crippen molar-refractivity contribution in [2.45, 2.75) is 6.92 Å². The third kappa shape index (κ3) is 4.59. The molecule has 0 bridgehead atoms. The lowest BCUT2D eigenvalue weighted by Gasteiger charge is -2.09. The number of nitro benzene ring substituents is 1. The monoisotopic (exact) mass is 284 g/mol. The molecular formula is C11H12N2O5S. The van der Waals surface area contributed by atoms with E-state index in [2.05, 4.69) is 5.32 Å². The highest BCUT2D eigenvalue weighted by Gasteiger charge is 2.13. The SMILES string of the molecule is COc1cc([N+](=O)[O-])ccc1NC(=O)CSC(C)=O. The number of nitrogens with zero attached hydrogens (tertiary/aromatic N) is 1. The van der Waals surface area contributed by atoms with Crippen LogP contribution in [0.2, 0.25) is 0 Å². The molecule has 0 aliphatic carbocycles. The average Bonchev–Trinajstić information content (AvgIpc) is 2.36. The summed E-state index contributed by atoms with van der Waals surface area (Å²) in [6.07, 6.45) is 0. The Morgan fingerprint density at radius 1 is 1.47 bits per heavy atom. The minimum Gasteiger partial charge on any atom is -0.494 e. The van der Waals surface area contributed by atoms with Gasteiger partial charge in [0.25, 0.3) is 5.69 Å². The summed E-state index contributed by atoms with van der Waals surface area (Å²) >= 11 is 0.880. The smallest absolute Gasteiger partial charge is 0.273 e. The van der Waals surface area contributed by atoms with E-state index in [0.717, 1.165) is 11.8 Å². The van der Waals surface area contributed by atoms with Gasteiger partial charge in [-0.2, -0.15) is 0 Å². The fourth-order valence-corrected chi connectivity index (χ4v) is 1.66. The maximum absolute atomic E-state index is 11.5. The summed E-state index contributed by atoms with van der Waals surface area (Å²) in [6.45, 7) is 1.37. The molecule has 1 N–H and O–H groups in total. The number of ether oxygens (including phenoxy) is 1. The highest BCUT2D eigenvalue weighted by Crippen LogP contribution is 2.29. The fraction of sp³-hybridized carbons (Fsp3) is 0.273. The molecular weight excluding hydrogens is 272 g/mol. The van der Waals surface area contributed by atoms with E-state index < -0.39 is 4.92 Å². The van der Waals surface area contributed by atoms with E-state index in [1.165, 1.54) is 32.2 Å².